The number of halogens is 1. The molecule has 1 aromatic rings. The smallest absolute Gasteiger partial charge is 0.120 e. The molecule has 1 aliphatic rings. The van der Waals surface area contributed by atoms with E-state index in [1.165, 1.54) is 12.8 Å². The molecule has 1 saturated heterocycles. The first-order valence-corrected chi connectivity index (χ1v) is 6.68. The lowest BCUT2D eigenvalue weighted by molar-refractivity contribution is 0.131. The number of piperidine rings is 1. The van der Waals surface area contributed by atoms with Gasteiger partial charge < -0.3 is 10.1 Å². The lowest BCUT2D eigenvalue weighted by atomic mass is 9.95. The van der Waals surface area contributed by atoms with Crippen LogP contribution < -0.4 is 10.1 Å². The van der Waals surface area contributed by atoms with Gasteiger partial charge in [-0.15, -0.1) is 0 Å². The molecular weight excluding hydrogens is 266 g/mol. The van der Waals surface area contributed by atoms with Crippen molar-refractivity contribution < 1.29 is 4.74 Å². The molecule has 2 nitrogen and oxygen atoms in total. The van der Waals surface area contributed by atoms with Crippen molar-refractivity contribution >= 4 is 15.9 Å². The van der Waals surface area contributed by atoms with Crippen LogP contribution in [0.3, 0.4) is 0 Å². The van der Waals surface area contributed by atoms with E-state index >= 15 is 0 Å². The second-order valence-electron chi connectivity index (χ2n) is 4.39. The number of ether oxygens (including phenoxy) is 1. The number of nitrogens with one attached hydrogen (secondary N) is 1. The predicted molar refractivity (Wildman–Crippen MR) is 69.8 cm³/mol. The summed E-state index contributed by atoms with van der Waals surface area (Å²) in [6.07, 6.45) is 2.81. The van der Waals surface area contributed by atoms with E-state index in [9.17, 15) is 0 Å². The van der Waals surface area contributed by atoms with Crippen LogP contribution in [0.2, 0.25) is 0 Å². The second-order valence-corrected chi connectivity index (χ2v) is 5.30. The van der Waals surface area contributed by atoms with Crippen molar-refractivity contribution in [3.63, 3.8) is 0 Å². The maximum absolute atomic E-state index is 5.96. The summed E-state index contributed by atoms with van der Waals surface area (Å²) in [6, 6.07) is 8.05. The van der Waals surface area contributed by atoms with E-state index in [1.54, 1.807) is 0 Å². The average Bonchev–Trinajstić information content (AvgIpc) is 2.30. The van der Waals surface area contributed by atoms with Gasteiger partial charge in [-0.2, -0.15) is 0 Å². The van der Waals surface area contributed by atoms with Gasteiger partial charge in [-0.3, -0.25) is 0 Å². The monoisotopic (exact) mass is 283 g/mol. The number of hydrogen-bond donors (Lipinski definition) is 1. The van der Waals surface area contributed by atoms with Gasteiger partial charge in [-0.25, -0.2) is 0 Å². The molecule has 0 bridgehead atoms. The van der Waals surface area contributed by atoms with Crippen LogP contribution >= 0.6 is 15.9 Å². The largest absolute Gasteiger partial charge is 0.490 e. The second kappa shape index (κ2) is 5.69. The first-order chi connectivity index (χ1) is 7.75. The van der Waals surface area contributed by atoms with Gasteiger partial charge in [0, 0.05) is 16.9 Å². The summed E-state index contributed by atoms with van der Waals surface area (Å²) in [5.41, 5.74) is 0. The Labute approximate surface area is 106 Å². The van der Waals surface area contributed by atoms with Crippen LogP contribution in [0.25, 0.3) is 0 Å². The highest BCUT2D eigenvalue weighted by Gasteiger charge is 2.21. The molecule has 1 fully saturated rings. The molecular formula is C13H18BrNO. The van der Waals surface area contributed by atoms with Crippen LogP contribution in [0.5, 0.6) is 5.75 Å². The van der Waals surface area contributed by atoms with E-state index in [4.69, 9.17) is 4.74 Å². The fourth-order valence-electron chi connectivity index (χ4n) is 2.13. The van der Waals surface area contributed by atoms with Gasteiger partial charge >= 0.3 is 0 Å². The first kappa shape index (κ1) is 11.9. The Morgan fingerprint density at radius 1 is 1.50 bits per heavy atom. The zero-order chi connectivity index (χ0) is 11.4. The van der Waals surface area contributed by atoms with Crippen LogP contribution in [0.4, 0.5) is 0 Å². The third kappa shape index (κ3) is 3.22. The first-order valence-electron chi connectivity index (χ1n) is 5.88. The third-order valence-corrected chi connectivity index (χ3v) is 3.61. The minimum atomic E-state index is 0.280. The molecule has 0 radical (unpaired) electrons. The summed E-state index contributed by atoms with van der Waals surface area (Å²) >= 11 is 3.46. The van der Waals surface area contributed by atoms with E-state index in [-0.39, 0.29) is 6.10 Å². The topological polar surface area (TPSA) is 21.3 Å². The Kier molecular flexibility index (Phi) is 4.24. The number of benzene rings is 1. The molecule has 88 valence electrons. The predicted octanol–water partition coefficient (Wildman–Crippen LogP) is 3.22. The molecule has 0 saturated carbocycles. The maximum Gasteiger partial charge on any atom is 0.120 e. The van der Waals surface area contributed by atoms with Gasteiger partial charge in [-0.05, 0) is 44.5 Å². The van der Waals surface area contributed by atoms with Crippen LogP contribution in [0, 0.1) is 5.92 Å². The lowest BCUT2D eigenvalue weighted by Crippen LogP contribution is -2.37. The van der Waals surface area contributed by atoms with Gasteiger partial charge in [0.05, 0.1) is 6.10 Å². The highest BCUT2D eigenvalue weighted by Crippen LogP contribution is 2.23. The van der Waals surface area contributed by atoms with Gasteiger partial charge in [0.15, 0.2) is 0 Å². The summed E-state index contributed by atoms with van der Waals surface area (Å²) in [5.74, 6) is 1.58. The maximum atomic E-state index is 5.96. The lowest BCUT2D eigenvalue weighted by Gasteiger charge is -2.28. The Balaban J connectivity index is 1.93. The Morgan fingerprint density at radius 3 is 3.06 bits per heavy atom. The van der Waals surface area contributed by atoms with Gasteiger partial charge in [0.2, 0.25) is 0 Å². The molecule has 0 amide bonds. The quantitative estimate of drug-likeness (QED) is 0.920. The van der Waals surface area contributed by atoms with E-state index < -0.39 is 0 Å². The van der Waals surface area contributed by atoms with Gasteiger partial charge in [0.1, 0.15) is 5.75 Å². The Morgan fingerprint density at radius 2 is 2.38 bits per heavy atom. The van der Waals surface area contributed by atoms with Crippen molar-refractivity contribution in [2.24, 2.45) is 5.92 Å². The zero-order valence-electron chi connectivity index (χ0n) is 9.58. The molecule has 1 heterocycles. The molecule has 0 spiro atoms. The molecule has 2 rings (SSSR count). The van der Waals surface area contributed by atoms with Crippen LogP contribution in [-0.4, -0.2) is 19.2 Å². The van der Waals surface area contributed by atoms with Crippen LogP contribution in [0.1, 0.15) is 19.8 Å². The molecule has 1 aromatic carbocycles. The summed E-state index contributed by atoms with van der Waals surface area (Å²) in [6.45, 7) is 4.40. The van der Waals surface area contributed by atoms with Crippen molar-refractivity contribution in [1.82, 2.24) is 5.32 Å². The van der Waals surface area contributed by atoms with E-state index in [0.29, 0.717) is 5.92 Å². The van der Waals surface area contributed by atoms with E-state index in [0.717, 1.165) is 23.3 Å². The summed E-state index contributed by atoms with van der Waals surface area (Å²) in [4.78, 5) is 0. The van der Waals surface area contributed by atoms with Crippen LogP contribution in [0.15, 0.2) is 28.7 Å². The van der Waals surface area contributed by atoms with Crippen molar-refractivity contribution in [3.8, 4) is 5.75 Å². The summed E-state index contributed by atoms with van der Waals surface area (Å²) < 4.78 is 7.03. The molecule has 0 aromatic heterocycles. The third-order valence-electron chi connectivity index (χ3n) is 3.12. The molecule has 0 aliphatic carbocycles. The number of hydrogen-bond acceptors (Lipinski definition) is 2. The van der Waals surface area contributed by atoms with Crippen LogP contribution in [-0.2, 0) is 0 Å². The minimum Gasteiger partial charge on any atom is -0.490 e. The van der Waals surface area contributed by atoms with Crippen molar-refractivity contribution in [3.05, 3.63) is 28.7 Å². The normalized spacial score (nSPS) is 22.8. The average molecular weight is 284 g/mol. The van der Waals surface area contributed by atoms with E-state index in [1.807, 2.05) is 24.3 Å². The summed E-state index contributed by atoms with van der Waals surface area (Å²) in [5, 5.41) is 3.42. The molecule has 1 N–H and O–H groups in total. The summed E-state index contributed by atoms with van der Waals surface area (Å²) in [7, 11) is 0. The minimum absolute atomic E-state index is 0.280. The molecule has 16 heavy (non-hydrogen) atoms. The highest BCUT2D eigenvalue weighted by atomic mass is 79.9. The molecule has 1 aliphatic heterocycles. The fraction of sp³-hybridized carbons (Fsp3) is 0.538. The molecule has 2 unspecified atom stereocenters. The Bertz CT molecular complexity index is 336. The highest BCUT2D eigenvalue weighted by molar-refractivity contribution is 9.10. The van der Waals surface area contributed by atoms with Gasteiger partial charge in [-0.1, -0.05) is 22.0 Å². The van der Waals surface area contributed by atoms with Crippen molar-refractivity contribution in [1.29, 1.82) is 0 Å². The zero-order valence-corrected chi connectivity index (χ0v) is 11.2. The Hall–Kier alpha value is -0.540. The van der Waals surface area contributed by atoms with Gasteiger partial charge in [0.25, 0.3) is 0 Å². The number of rotatable bonds is 3. The molecule has 3 heteroatoms. The SMILES string of the molecule is CC(Oc1cccc(Br)c1)C1CCCNC1. The van der Waals surface area contributed by atoms with Crippen molar-refractivity contribution in [2.75, 3.05) is 13.1 Å². The fourth-order valence-corrected chi connectivity index (χ4v) is 2.51. The standard InChI is InChI=1S/C13H18BrNO/c1-10(11-4-3-7-15-9-11)16-13-6-2-5-12(14)8-13/h2,5-6,8,10-11,15H,3-4,7,9H2,1H3. The molecule has 2 atom stereocenters. The van der Waals surface area contributed by atoms with E-state index in [2.05, 4.69) is 28.2 Å². The van der Waals surface area contributed by atoms with Crippen molar-refractivity contribution in [2.45, 2.75) is 25.9 Å².